The summed E-state index contributed by atoms with van der Waals surface area (Å²) in [4.78, 5) is 24.3. The van der Waals surface area contributed by atoms with Crippen LogP contribution in [0.2, 0.25) is 0 Å². The Morgan fingerprint density at radius 2 is 2.00 bits per heavy atom. The molecular formula is C13H24N2O5S. The maximum atomic E-state index is 12.3. The van der Waals surface area contributed by atoms with Gasteiger partial charge in [0, 0.05) is 12.1 Å². The molecule has 21 heavy (non-hydrogen) atoms. The number of sulfone groups is 1. The number of amides is 2. The summed E-state index contributed by atoms with van der Waals surface area (Å²) in [6.07, 6.45) is 1.18. The van der Waals surface area contributed by atoms with Gasteiger partial charge in [-0.1, -0.05) is 20.3 Å². The summed E-state index contributed by atoms with van der Waals surface area (Å²) < 4.78 is 23.0. The van der Waals surface area contributed by atoms with E-state index in [9.17, 15) is 18.0 Å². The number of hydrogen-bond acceptors (Lipinski definition) is 4. The second-order valence-electron chi connectivity index (χ2n) is 5.70. The molecule has 122 valence electrons. The van der Waals surface area contributed by atoms with Crippen LogP contribution in [-0.4, -0.2) is 60.6 Å². The number of carbonyl (C=O) groups is 2. The molecule has 8 heteroatoms. The van der Waals surface area contributed by atoms with Crippen molar-refractivity contribution in [2.24, 2.45) is 5.92 Å². The Kier molecular flexibility index (Phi) is 6.00. The summed E-state index contributed by atoms with van der Waals surface area (Å²) in [6.45, 7) is 5.37. The lowest BCUT2D eigenvalue weighted by Crippen LogP contribution is -2.52. The Hall–Kier alpha value is -1.31. The van der Waals surface area contributed by atoms with E-state index in [1.807, 2.05) is 20.8 Å². The quantitative estimate of drug-likeness (QED) is 0.750. The average Bonchev–Trinajstić information content (AvgIpc) is 2.74. The van der Waals surface area contributed by atoms with Crippen LogP contribution in [0.1, 0.15) is 33.6 Å². The predicted octanol–water partition coefficient (Wildman–Crippen LogP) is 0.704. The van der Waals surface area contributed by atoms with Gasteiger partial charge in [0.2, 0.25) is 0 Å². The van der Waals surface area contributed by atoms with Crippen molar-refractivity contribution >= 4 is 21.8 Å². The Bertz CT molecular complexity index is 491. The molecule has 1 heterocycles. The van der Waals surface area contributed by atoms with Crippen molar-refractivity contribution in [3.63, 3.8) is 0 Å². The predicted molar refractivity (Wildman–Crippen MR) is 78.8 cm³/mol. The van der Waals surface area contributed by atoms with Crippen LogP contribution < -0.4 is 5.32 Å². The number of aliphatic carboxylic acids is 1. The van der Waals surface area contributed by atoms with Gasteiger partial charge in [-0.2, -0.15) is 0 Å². The van der Waals surface area contributed by atoms with Gasteiger partial charge in [0.15, 0.2) is 9.84 Å². The van der Waals surface area contributed by atoms with Crippen molar-refractivity contribution in [2.45, 2.75) is 45.7 Å². The van der Waals surface area contributed by atoms with Crippen LogP contribution in [0.3, 0.4) is 0 Å². The van der Waals surface area contributed by atoms with Gasteiger partial charge in [-0.25, -0.2) is 13.2 Å². The van der Waals surface area contributed by atoms with E-state index in [4.69, 9.17) is 5.11 Å². The minimum atomic E-state index is -3.17. The molecule has 0 aliphatic carbocycles. The van der Waals surface area contributed by atoms with Gasteiger partial charge in [0.25, 0.3) is 0 Å². The van der Waals surface area contributed by atoms with Gasteiger partial charge in [0.1, 0.15) is 6.54 Å². The van der Waals surface area contributed by atoms with Crippen LogP contribution in [-0.2, 0) is 14.6 Å². The number of nitrogens with zero attached hydrogens (tertiary/aromatic N) is 1. The summed E-state index contributed by atoms with van der Waals surface area (Å²) in [5, 5.41) is 11.7. The summed E-state index contributed by atoms with van der Waals surface area (Å²) in [6, 6.07) is -1.17. The molecule has 1 rings (SSSR count). The van der Waals surface area contributed by atoms with E-state index in [2.05, 4.69) is 5.32 Å². The lowest BCUT2D eigenvalue weighted by Gasteiger charge is -2.29. The summed E-state index contributed by atoms with van der Waals surface area (Å²) >= 11 is 0. The molecule has 1 aliphatic heterocycles. The van der Waals surface area contributed by atoms with Crippen molar-refractivity contribution < 1.29 is 23.1 Å². The first-order chi connectivity index (χ1) is 9.66. The van der Waals surface area contributed by atoms with Crippen molar-refractivity contribution in [1.82, 2.24) is 10.2 Å². The molecule has 0 aromatic rings. The SMILES string of the molecule is CCC(C)C(C)NC(=O)N(CC(=O)O)C1CCS(=O)(=O)C1. The van der Waals surface area contributed by atoms with Crippen LogP contribution >= 0.6 is 0 Å². The number of rotatable bonds is 6. The third kappa shape index (κ3) is 5.18. The highest BCUT2D eigenvalue weighted by atomic mass is 32.2. The first kappa shape index (κ1) is 17.7. The highest BCUT2D eigenvalue weighted by molar-refractivity contribution is 7.91. The van der Waals surface area contributed by atoms with Crippen LogP contribution in [0.25, 0.3) is 0 Å². The van der Waals surface area contributed by atoms with E-state index < -0.39 is 34.4 Å². The number of nitrogens with one attached hydrogen (secondary N) is 1. The largest absolute Gasteiger partial charge is 0.480 e. The van der Waals surface area contributed by atoms with Gasteiger partial charge in [-0.15, -0.1) is 0 Å². The normalized spacial score (nSPS) is 23.3. The van der Waals surface area contributed by atoms with E-state index in [1.165, 1.54) is 0 Å². The topological polar surface area (TPSA) is 104 Å². The molecule has 2 N–H and O–H groups in total. The van der Waals surface area contributed by atoms with Crippen molar-refractivity contribution in [3.8, 4) is 0 Å². The Morgan fingerprint density at radius 3 is 2.43 bits per heavy atom. The van der Waals surface area contributed by atoms with Gasteiger partial charge < -0.3 is 15.3 Å². The molecule has 1 fully saturated rings. The molecule has 2 amide bonds. The molecule has 0 bridgehead atoms. The van der Waals surface area contributed by atoms with Crippen LogP contribution in [0.4, 0.5) is 4.79 Å². The smallest absolute Gasteiger partial charge is 0.323 e. The molecule has 3 unspecified atom stereocenters. The van der Waals surface area contributed by atoms with Gasteiger partial charge in [-0.05, 0) is 19.3 Å². The fraction of sp³-hybridized carbons (Fsp3) is 0.846. The van der Waals surface area contributed by atoms with Crippen molar-refractivity contribution in [1.29, 1.82) is 0 Å². The lowest BCUT2D eigenvalue weighted by atomic mass is 10.0. The number of carbonyl (C=O) groups excluding carboxylic acids is 1. The zero-order chi connectivity index (χ0) is 16.2. The number of urea groups is 1. The molecule has 0 aromatic carbocycles. The molecule has 0 saturated carbocycles. The molecular weight excluding hydrogens is 296 g/mol. The maximum Gasteiger partial charge on any atom is 0.323 e. The zero-order valence-electron chi connectivity index (χ0n) is 12.7. The van der Waals surface area contributed by atoms with Crippen LogP contribution in [0.5, 0.6) is 0 Å². The Labute approximate surface area is 125 Å². The average molecular weight is 320 g/mol. The Balaban J connectivity index is 2.78. The highest BCUT2D eigenvalue weighted by Crippen LogP contribution is 2.18. The van der Waals surface area contributed by atoms with Gasteiger partial charge in [0.05, 0.1) is 11.5 Å². The fourth-order valence-corrected chi connectivity index (χ4v) is 4.04. The number of carboxylic acids is 1. The minimum Gasteiger partial charge on any atom is -0.480 e. The molecule has 0 spiro atoms. The van der Waals surface area contributed by atoms with E-state index in [0.29, 0.717) is 6.42 Å². The third-order valence-corrected chi connectivity index (χ3v) is 5.81. The second kappa shape index (κ2) is 7.11. The van der Waals surface area contributed by atoms with Gasteiger partial charge in [-0.3, -0.25) is 4.79 Å². The monoisotopic (exact) mass is 320 g/mol. The second-order valence-corrected chi connectivity index (χ2v) is 7.93. The zero-order valence-corrected chi connectivity index (χ0v) is 13.5. The van der Waals surface area contributed by atoms with E-state index >= 15 is 0 Å². The molecule has 0 aromatic heterocycles. The minimum absolute atomic E-state index is 0.00197. The molecule has 7 nitrogen and oxygen atoms in total. The van der Waals surface area contributed by atoms with Crippen LogP contribution in [0, 0.1) is 5.92 Å². The number of carboxylic acid groups (broad SMARTS) is 1. The van der Waals surface area contributed by atoms with Crippen molar-refractivity contribution in [2.75, 3.05) is 18.1 Å². The Morgan fingerprint density at radius 1 is 1.38 bits per heavy atom. The van der Waals surface area contributed by atoms with Crippen LogP contribution in [0.15, 0.2) is 0 Å². The highest BCUT2D eigenvalue weighted by Gasteiger charge is 2.36. The summed E-state index contributed by atoms with van der Waals surface area (Å²) in [7, 11) is -3.17. The van der Waals surface area contributed by atoms with E-state index in [1.54, 1.807) is 0 Å². The van der Waals surface area contributed by atoms with Crippen molar-refractivity contribution in [3.05, 3.63) is 0 Å². The third-order valence-electron chi connectivity index (χ3n) is 4.06. The molecule has 1 saturated heterocycles. The van der Waals surface area contributed by atoms with Gasteiger partial charge >= 0.3 is 12.0 Å². The number of hydrogen-bond donors (Lipinski definition) is 2. The molecule has 0 radical (unpaired) electrons. The lowest BCUT2D eigenvalue weighted by molar-refractivity contribution is -0.138. The molecule has 1 aliphatic rings. The molecule has 3 atom stereocenters. The van der Waals surface area contributed by atoms with E-state index in [0.717, 1.165) is 11.3 Å². The first-order valence-electron chi connectivity index (χ1n) is 7.15. The standard InChI is InChI=1S/C13H24N2O5S/c1-4-9(2)10(3)14-13(18)15(7-12(16)17)11-5-6-21(19,20)8-11/h9-11H,4-8H2,1-3H3,(H,14,18)(H,16,17). The first-order valence-corrected chi connectivity index (χ1v) is 8.97. The van der Waals surface area contributed by atoms with E-state index in [-0.39, 0.29) is 23.5 Å². The fourth-order valence-electron chi connectivity index (χ4n) is 2.31. The maximum absolute atomic E-state index is 12.3. The summed E-state index contributed by atoms with van der Waals surface area (Å²) in [5.41, 5.74) is 0. The summed E-state index contributed by atoms with van der Waals surface area (Å²) in [5.74, 6) is -1.05.